The van der Waals surface area contributed by atoms with E-state index in [1.165, 1.54) is 11.0 Å². The van der Waals surface area contributed by atoms with Crippen molar-refractivity contribution in [3.05, 3.63) is 74.9 Å². The molecule has 2 amide bonds. The van der Waals surface area contributed by atoms with E-state index in [4.69, 9.17) is 9.84 Å². The third-order valence-electron chi connectivity index (χ3n) is 6.59. The van der Waals surface area contributed by atoms with Crippen LogP contribution in [0.1, 0.15) is 35.2 Å². The summed E-state index contributed by atoms with van der Waals surface area (Å²) in [7, 11) is 0. The van der Waals surface area contributed by atoms with Gasteiger partial charge in [-0.3, -0.25) is 9.59 Å². The molecule has 0 radical (unpaired) electrons. The number of hydrogen-bond donors (Lipinski definition) is 3. The topological polar surface area (TPSA) is 99.1 Å². The third kappa shape index (κ3) is 6.86. The van der Waals surface area contributed by atoms with Crippen molar-refractivity contribution >= 4 is 34.4 Å². The van der Waals surface area contributed by atoms with Crippen LogP contribution in [-0.4, -0.2) is 64.9 Å². The molecule has 3 atom stereocenters. The Balaban J connectivity index is 1.66. The summed E-state index contributed by atoms with van der Waals surface area (Å²) in [5.41, 5.74) is -0.523. The molecule has 2 aromatic rings. The summed E-state index contributed by atoms with van der Waals surface area (Å²) in [5.74, 6) is -0.292. The van der Waals surface area contributed by atoms with E-state index in [0.717, 1.165) is 40.7 Å². The molecular formula is C27H28F3IN2O5. The second-order valence-corrected chi connectivity index (χ2v) is 10.6. The minimum atomic E-state index is -4.53. The normalized spacial score (nSPS) is 21.4. The van der Waals surface area contributed by atoms with Crippen LogP contribution in [0.3, 0.4) is 0 Å². The minimum Gasteiger partial charge on any atom is -0.482 e. The number of halogens is 4. The molecule has 0 saturated heterocycles. The molecule has 4 rings (SSSR count). The first-order chi connectivity index (χ1) is 18.1. The summed E-state index contributed by atoms with van der Waals surface area (Å²) in [6.45, 7) is 0.0674. The fourth-order valence-corrected chi connectivity index (χ4v) is 4.90. The largest absolute Gasteiger partial charge is 0.482 e. The van der Waals surface area contributed by atoms with Crippen molar-refractivity contribution in [2.45, 2.75) is 43.7 Å². The summed E-state index contributed by atoms with van der Waals surface area (Å²) < 4.78 is 46.1. The fraction of sp³-hybridized carbons (Fsp3) is 0.407. The van der Waals surface area contributed by atoms with Crippen molar-refractivity contribution < 1.29 is 37.7 Å². The van der Waals surface area contributed by atoms with E-state index < -0.39 is 41.8 Å². The number of carbonyl (C=O) groups excluding carboxylic acids is 2. The third-order valence-corrected chi connectivity index (χ3v) is 7.48. The average molecular weight is 644 g/mol. The lowest BCUT2D eigenvalue weighted by Gasteiger charge is -2.40. The van der Waals surface area contributed by atoms with Crippen LogP contribution < -0.4 is 10.1 Å². The number of nitrogens with zero attached hydrogens (tertiary/aromatic N) is 1. The molecular weight excluding hydrogens is 616 g/mol. The molecule has 0 aromatic heterocycles. The van der Waals surface area contributed by atoms with Crippen LogP contribution in [0.15, 0.2) is 60.2 Å². The smallest absolute Gasteiger partial charge is 0.416 e. The molecule has 2 aliphatic carbocycles. The summed E-state index contributed by atoms with van der Waals surface area (Å²) >= 11 is 2.09. The van der Waals surface area contributed by atoms with Gasteiger partial charge in [0.05, 0.1) is 21.8 Å². The van der Waals surface area contributed by atoms with E-state index in [-0.39, 0.29) is 36.6 Å². The molecule has 0 heterocycles. The van der Waals surface area contributed by atoms with Crippen molar-refractivity contribution in [3.63, 3.8) is 0 Å². The second-order valence-electron chi connectivity index (χ2n) is 9.42. The van der Waals surface area contributed by atoms with E-state index in [0.29, 0.717) is 12.3 Å². The highest BCUT2D eigenvalue weighted by Crippen LogP contribution is 2.35. The maximum absolute atomic E-state index is 13.6. The number of aliphatic hydroxyl groups is 2. The Kier molecular flexibility index (Phi) is 8.99. The molecule has 3 unspecified atom stereocenters. The Labute approximate surface area is 231 Å². The monoisotopic (exact) mass is 644 g/mol. The van der Waals surface area contributed by atoms with Gasteiger partial charge in [0.25, 0.3) is 5.91 Å². The molecule has 0 spiro atoms. The average Bonchev–Trinajstić information content (AvgIpc) is 3.72. The first-order valence-electron chi connectivity index (χ1n) is 12.3. The summed E-state index contributed by atoms with van der Waals surface area (Å²) in [6.07, 6.45) is -3.39. The van der Waals surface area contributed by atoms with Gasteiger partial charge in [-0.2, -0.15) is 13.2 Å². The Morgan fingerprint density at radius 3 is 2.39 bits per heavy atom. The highest BCUT2D eigenvalue weighted by Gasteiger charge is 2.42. The molecule has 1 fully saturated rings. The van der Waals surface area contributed by atoms with Crippen LogP contribution in [0.4, 0.5) is 13.2 Å². The molecule has 3 N–H and O–H groups in total. The Hall–Kier alpha value is -2.64. The van der Waals surface area contributed by atoms with E-state index in [9.17, 15) is 27.9 Å². The van der Waals surface area contributed by atoms with Crippen molar-refractivity contribution in [2.75, 3.05) is 19.7 Å². The Bertz CT molecular complexity index is 1180. The van der Waals surface area contributed by atoms with Gasteiger partial charge in [-0.15, -0.1) is 0 Å². The van der Waals surface area contributed by atoms with Crippen molar-refractivity contribution in [1.29, 1.82) is 0 Å². The second kappa shape index (κ2) is 12.0. The van der Waals surface area contributed by atoms with Gasteiger partial charge in [-0.25, -0.2) is 0 Å². The first-order valence-corrected chi connectivity index (χ1v) is 13.3. The maximum Gasteiger partial charge on any atom is 0.416 e. The van der Waals surface area contributed by atoms with Gasteiger partial charge < -0.3 is 25.2 Å². The van der Waals surface area contributed by atoms with Crippen molar-refractivity contribution in [3.8, 4) is 5.75 Å². The number of carbonyl (C=O) groups is 2. The standard InChI is InChI=1S/C27H28F3IN2O5/c28-27(29,30)19-9-7-17(8-10-19)26(37)33(15-16-5-6-16)21-13-18(25(36)32-11-12-34)14-23(24(21)35)38-22-4-2-1-3-20(22)31/h1-4,7-10,14,16,21,23-24,34-35H,5-6,11-13,15H2,(H,32,36). The van der Waals surface area contributed by atoms with Gasteiger partial charge >= 0.3 is 6.18 Å². The number of aliphatic hydroxyl groups excluding tert-OH is 2. The number of para-hydroxylation sites is 1. The molecule has 2 aromatic carbocycles. The fourth-order valence-electron chi connectivity index (χ4n) is 4.38. The predicted molar refractivity (Wildman–Crippen MR) is 141 cm³/mol. The molecule has 0 aliphatic heterocycles. The van der Waals surface area contributed by atoms with Crippen molar-refractivity contribution in [2.24, 2.45) is 5.92 Å². The molecule has 11 heteroatoms. The number of nitrogens with one attached hydrogen (secondary N) is 1. The maximum atomic E-state index is 13.6. The van der Waals surface area contributed by atoms with Crippen LogP contribution in [0, 0.1) is 9.49 Å². The molecule has 38 heavy (non-hydrogen) atoms. The van der Waals surface area contributed by atoms with Gasteiger partial charge in [-0.1, -0.05) is 12.1 Å². The van der Waals surface area contributed by atoms with Gasteiger partial charge in [0.15, 0.2) is 0 Å². The van der Waals surface area contributed by atoms with Gasteiger partial charge in [0.2, 0.25) is 5.91 Å². The number of hydrogen-bond acceptors (Lipinski definition) is 5. The van der Waals surface area contributed by atoms with Crippen molar-refractivity contribution in [1.82, 2.24) is 10.2 Å². The number of alkyl halides is 3. The Morgan fingerprint density at radius 1 is 1.11 bits per heavy atom. The van der Waals surface area contributed by atoms with E-state index >= 15 is 0 Å². The highest BCUT2D eigenvalue weighted by molar-refractivity contribution is 14.1. The summed E-state index contributed by atoms with van der Waals surface area (Å²) in [6, 6.07) is 10.3. The van der Waals surface area contributed by atoms with Crippen LogP contribution in [-0.2, 0) is 11.0 Å². The summed E-state index contributed by atoms with van der Waals surface area (Å²) in [4.78, 5) is 27.9. The molecule has 0 bridgehead atoms. The lowest BCUT2D eigenvalue weighted by atomic mass is 9.87. The van der Waals surface area contributed by atoms with Crippen LogP contribution in [0.25, 0.3) is 0 Å². The highest BCUT2D eigenvalue weighted by atomic mass is 127. The van der Waals surface area contributed by atoms with Crippen LogP contribution >= 0.6 is 22.6 Å². The number of benzene rings is 2. The zero-order chi connectivity index (χ0) is 27.4. The Morgan fingerprint density at radius 2 is 1.79 bits per heavy atom. The zero-order valence-corrected chi connectivity index (χ0v) is 22.5. The van der Waals surface area contributed by atoms with Gasteiger partial charge in [0, 0.05) is 30.6 Å². The van der Waals surface area contributed by atoms with E-state index in [1.54, 1.807) is 12.1 Å². The quantitative estimate of drug-likeness (QED) is 0.362. The lowest BCUT2D eigenvalue weighted by Crippen LogP contribution is -2.55. The molecule has 204 valence electrons. The lowest BCUT2D eigenvalue weighted by molar-refractivity contribution is -0.137. The molecule has 2 aliphatic rings. The minimum absolute atomic E-state index is 0.0171. The van der Waals surface area contributed by atoms with Crippen LogP contribution in [0.2, 0.25) is 0 Å². The first kappa shape index (κ1) is 28.4. The van der Waals surface area contributed by atoms with Gasteiger partial charge in [0.1, 0.15) is 18.0 Å². The zero-order valence-electron chi connectivity index (χ0n) is 20.3. The van der Waals surface area contributed by atoms with E-state index in [1.807, 2.05) is 12.1 Å². The van der Waals surface area contributed by atoms with Gasteiger partial charge in [-0.05, 0) is 83.8 Å². The molecule has 1 saturated carbocycles. The van der Waals surface area contributed by atoms with E-state index in [2.05, 4.69) is 27.9 Å². The number of ether oxygens (including phenoxy) is 1. The summed E-state index contributed by atoms with van der Waals surface area (Å²) in [5, 5.41) is 23.1. The molecule has 7 nitrogen and oxygen atoms in total. The van der Waals surface area contributed by atoms with Crippen LogP contribution in [0.5, 0.6) is 5.75 Å². The SMILES string of the molecule is O=C(NCCO)C1=CC(Oc2ccccc2I)C(O)C(N(CC2CC2)C(=O)c2ccc(C(F)(F)F)cc2)C1. The number of rotatable bonds is 9. The predicted octanol–water partition coefficient (Wildman–Crippen LogP) is 3.78. The number of amides is 2.